The average Bonchev–Trinajstić information content (AvgIpc) is 2.52. The van der Waals surface area contributed by atoms with Crippen LogP contribution in [-0.2, 0) is 9.16 Å². The Morgan fingerprint density at radius 1 is 1.13 bits per heavy atom. The zero-order valence-corrected chi connectivity index (χ0v) is 17.0. The van der Waals surface area contributed by atoms with E-state index < -0.39 is 13.9 Å². The SMILES string of the molecule is CC(C)(C)OC(=O)N1[C@H]2CNC[C@@H]1C(O[Si](C)(C)C(C)(C)C)C2. The van der Waals surface area contributed by atoms with E-state index in [9.17, 15) is 4.79 Å². The van der Waals surface area contributed by atoms with Crippen LogP contribution in [0.1, 0.15) is 48.0 Å². The number of fused-ring (bicyclic) bond motifs is 2. The summed E-state index contributed by atoms with van der Waals surface area (Å²) in [5.41, 5.74) is -0.461. The maximum Gasteiger partial charge on any atom is 0.410 e. The highest BCUT2D eigenvalue weighted by atomic mass is 28.4. The summed E-state index contributed by atoms with van der Waals surface area (Å²) in [6, 6.07) is 0.260. The van der Waals surface area contributed by atoms with Crippen LogP contribution in [0.5, 0.6) is 0 Å². The number of carbonyl (C=O) groups excluding carboxylic acids is 1. The first-order chi connectivity index (χ1) is 10.3. The number of piperazine rings is 1. The average molecular weight is 343 g/mol. The Bertz CT molecular complexity index is 454. The maximum atomic E-state index is 12.6. The maximum absolute atomic E-state index is 12.6. The lowest BCUT2D eigenvalue weighted by Gasteiger charge is -2.41. The van der Waals surface area contributed by atoms with Crippen molar-refractivity contribution < 1.29 is 14.0 Å². The second kappa shape index (κ2) is 6.04. The Labute approximate surface area is 142 Å². The molecule has 2 aliphatic rings. The van der Waals surface area contributed by atoms with Crippen molar-refractivity contribution in [3.05, 3.63) is 0 Å². The molecule has 2 rings (SSSR count). The normalized spacial score (nSPS) is 28.9. The van der Waals surface area contributed by atoms with E-state index >= 15 is 0 Å². The van der Waals surface area contributed by atoms with Crippen molar-refractivity contribution in [3.8, 4) is 0 Å². The van der Waals surface area contributed by atoms with E-state index in [1.807, 2.05) is 25.7 Å². The molecule has 1 amide bonds. The van der Waals surface area contributed by atoms with Crippen molar-refractivity contribution in [2.24, 2.45) is 0 Å². The summed E-state index contributed by atoms with van der Waals surface area (Å²) in [7, 11) is -1.85. The predicted octanol–water partition coefficient (Wildman–Crippen LogP) is 3.36. The summed E-state index contributed by atoms with van der Waals surface area (Å²) < 4.78 is 12.3. The number of hydrogen-bond acceptors (Lipinski definition) is 4. The molecule has 134 valence electrons. The van der Waals surface area contributed by atoms with Crippen molar-refractivity contribution in [2.75, 3.05) is 13.1 Å². The van der Waals surface area contributed by atoms with Gasteiger partial charge in [-0.05, 0) is 45.3 Å². The number of ether oxygens (including phenoxy) is 1. The van der Waals surface area contributed by atoms with E-state index in [2.05, 4.69) is 39.2 Å². The molecule has 3 atom stereocenters. The minimum absolute atomic E-state index is 0.0812. The first kappa shape index (κ1) is 18.7. The molecule has 0 radical (unpaired) electrons. The van der Waals surface area contributed by atoms with Gasteiger partial charge in [0.05, 0.1) is 18.2 Å². The molecular weight excluding hydrogens is 308 g/mol. The number of carbonyl (C=O) groups is 1. The molecule has 0 aromatic carbocycles. The van der Waals surface area contributed by atoms with Crippen LogP contribution in [0.15, 0.2) is 0 Å². The predicted molar refractivity (Wildman–Crippen MR) is 95.2 cm³/mol. The summed E-state index contributed by atoms with van der Waals surface area (Å²) in [5.74, 6) is 0. The minimum atomic E-state index is -1.85. The van der Waals surface area contributed by atoms with Crippen LogP contribution in [0.3, 0.4) is 0 Å². The van der Waals surface area contributed by atoms with Crippen LogP contribution < -0.4 is 5.32 Å². The van der Waals surface area contributed by atoms with Crippen molar-refractivity contribution in [3.63, 3.8) is 0 Å². The summed E-state index contributed by atoms with van der Waals surface area (Å²) in [6.07, 6.45) is 0.822. The van der Waals surface area contributed by atoms with E-state index in [1.165, 1.54) is 0 Å². The highest BCUT2D eigenvalue weighted by Crippen LogP contribution is 2.41. The number of nitrogens with zero attached hydrogens (tertiary/aromatic N) is 1. The summed E-state index contributed by atoms with van der Waals surface area (Å²) in [5, 5.41) is 3.61. The Balaban J connectivity index is 2.13. The smallest absolute Gasteiger partial charge is 0.410 e. The molecule has 6 heteroatoms. The van der Waals surface area contributed by atoms with Crippen LogP contribution in [0, 0.1) is 0 Å². The molecule has 0 aromatic heterocycles. The second-order valence-corrected chi connectivity index (χ2v) is 14.2. The molecule has 0 aliphatic carbocycles. The van der Waals surface area contributed by atoms with Gasteiger partial charge >= 0.3 is 6.09 Å². The highest BCUT2D eigenvalue weighted by Gasteiger charge is 2.51. The molecule has 1 N–H and O–H groups in total. The summed E-state index contributed by atoms with van der Waals surface area (Å²) >= 11 is 0. The second-order valence-electron chi connectivity index (χ2n) is 9.42. The third kappa shape index (κ3) is 4.09. The van der Waals surface area contributed by atoms with Crippen LogP contribution in [0.4, 0.5) is 4.79 Å². The monoisotopic (exact) mass is 342 g/mol. The zero-order chi connectivity index (χ0) is 17.6. The van der Waals surface area contributed by atoms with Gasteiger partial charge in [-0.1, -0.05) is 20.8 Å². The lowest BCUT2D eigenvalue weighted by atomic mass is 10.2. The van der Waals surface area contributed by atoms with Crippen molar-refractivity contribution in [1.82, 2.24) is 10.2 Å². The lowest BCUT2D eigenvalue weighted by molar-refractivity contribution is 0.00437. The summed E-state index contributed by atoms with van der Waals surface area (Å²) in [4.78, 5) is 14.5. The molecule has 2 fully saturated rings. The molecule has 0 saturated carbocycles. The number of nitrogens with one attached hydrogen (secondary N) is 1. The first-order valence-corrected chi connectivity index (χ1v) is 11.6. The van der Waals surface area contributed by atoms with Crippen molar-refractivity contribution in [2.45, 2.75) is 89.9 Å². The molecule has 23 heavy (non-hydrogen) atoms. The van der Waals surface area contributed by atoms with Crippen LogP contribution >= 0.6 is 0 Å². The molecule has 2 heterocycles. The van der Waals surface area contributed by atoms with Crippen molar-refractivity contribution in [1.29, 1.82) is 0 Å². The van der Waals surface area contributed by atoms with Gasteiger partial charge in [-0.2, -0.15) is 0 Å². The number of amides is 1. The van der Waals surface area contributed by atoms with Gasteiger partial charge < -0.3 is 14.5 Å². The molecule has 2 bridgehead atoms. The van der Waals surface area contributed by atoms with Gasteiger partial charge in [-0.15, -0.1) is 0 Å². The molecule has 1 unspecified atom stereocenters. The topological polar surface area (TPSA) is 50.8 Å². The third-order valence-corrected chi connectivity index (χ3v) is 9.78. The Hall–Kier alpha value is -0.593. The molecule has 2 aliphatic heterocycles. The van der Waals surface area contributed by atoms with E-state index in [-0.39, 0.29) is 29.3 Å². The van der Waals surface area contributed by atoms with Gasteiger partial charge in [0.1, 0.15) is 5.60 Å². The molecule has 0 spiro atoms. The Morgan fingerprint density at radius 2 is 1.74 bits per heavy atom. The number of rotatable bonds is 2. The van der Waals surface area contributed by atoms with Gasteiger partial charge in [0, 0.05) is 13.1 Å². The van der Waals surface area contributed by atoms with Crippen molar-refractivity contribution >= 4 is 14.4 Å². The third-order valence-electron chi connectivity index (χ3n) is 5.27. The van der Waals surface area contributed by atoms with Gasteiger partial charge in [0.25, 0.3) is 0 Å². The fraction of sp³-hybridized carbons (Fsp3) is 0.941. The minimum Gasteiger partial charge on any atom is -0.444 e. The highest BCUT2D eigenvalue weighted by molar-refractivity contribution is 6.74. The fourth-order valence-corrected chi connectivity index (χ4v) is 4.44. The van der Waals surface area contributed by atoms with E-state index in [0.29, 0.717) is 0 Å². The fourth-order valence-electron chi connectivity index (χ4n) is 3.08. The van der Waals surface area contributed by atoms with Gasteiger partial charge in [-0.3, -0.25) is 4.90 Å². The van der Waals surface area contributed by atoms with Gasteiger partial charge in [0.15, 0.2) is 8.32 Å². The molecule has 0 aromatic rings. The van der Waals surface area contributed by atoms with E-state index in [4.69, 9.17) is 9.16 Å². The first-order valence-electron chi connectivity index (χ1n) is 8.72. The van der Waals surface area contributed by atoms with Crippen LogP contribution in [0.2, 0.25) is 18.1 Å². The number of hydrogen-bond donors (Lipinski definition) is 1. The Kier molecular flexibility index (Phi) is 4.92. The van der Waals surface area contributed by atoms with Gasteiger partial charge in [0.2, 0.25) is 0 Å². The molecular formula is C17H34N2O3Si. The summed E-state index contributed by atoms with van der Waals surface area (Å²) in [6.45, 7) is 18.7. The van der Waals surface area contributed by atoms with E-state index in [0.717, 1.165) is 19.5 Å². The van der Waals surface area contributed by atoms with E-state index in [1.54, 1.807) is 0 Å². The molecule has 5 nitrogen and oxygen atoms in total. The Morgan fingerprint density at radius 3 is 2.26 bits per heavy atom. The lowest BCUT2D eigenvalue weighted by Crippen LogP contribution is -2.57. The van der Waals surface area contributed by atoms with Crippen LogP contribution in [-0.4, -0.2) is 56.2 Å². The van der Waals surface area contributed by atoms with Crippen LogP contribution in [0.25, 0.3) is 0 Å². The zero-order valence-electron chi connectivity index (χ0n) is 16.0. The quantitative estimate of drug-likeness (QED) is 0.782. The largest absolute Gasteiger partial charge is 0.444 e. The van der Waals surface area contributed by atoms with Gasteiger partial charge in [-0.25, -0.2) is 4.79 Å². The standard InChI is InChI=1S/C17H34N2O3Si/c1-16(2,3)21-15(20)19-12-9-14(13(19)11-18-10-12)22-23(7,8)17(4,5)6/h12-14,18H,9-11H2,1-8H3/t12-,13-,14?/m1/s1. The molecule has 2 saturated heterocycles.